The molecule has 0 aliphatic heterocycles. The third kappa shape index (κ3) is 46.4. The average molecular weight is 1530 g/mol. The molecule has 0 N–H and O–H groups in total. The Balaban J connectivity index is -0.000000289. The number of nitrogens with zero attached hydrogens (tertiary/aromatic N) is 4. The Morgan fingerprint density at radius 2 is 0.596 bits per heavy atom. The summed E-state index contributed by atoms with van der Waals surface area (Å²) in [6.07, 6.45) is 5.56. The van der Waals surface area contributed by atoms with Crippen LogP contribution >= 0.6 is 0 Å². The Kier molecular flexibility index (Phi) is 81.9. The zero-order valence-electron chi connectivity index (χ0n) is 78.0. The van der Waals surface area contributed by atoms with Crippen molar-refractivity contribution in [3.05, 3.63) is 361 Å². The van der Waals surface area contributed by atoms with Gasteiger partial charge < -0.3 is 0 Å². The lowest BCUT2D eigenvalue weighted by Gasteiger charge is -2.09. The molecule has 616 valence electrons. The lowest BCUT2D eigenvalue weighted by atomic mass is 9.96. The van der Waals surface area contributed by atoms with Crippen LogP contribution in [0.5, 0.6) is 0 Å². The van der Waals surface area contributed by atoms with Gasteiger partial charge in [0.1, 0.15) is 0 Å². The highest BCUT2D eigenvalue weighted by molar-refractivity contribution is 5.98. The second kappa shape index (κ2) is 81.8. The second-order valence-corrected chi connectivity index (χ2v) is 21.0. The van der Waals surface area contributed by atoms with E-state index in [4.69, 9.17) is 0 Å². The standard InChI is InChI=1S/2C17H14.4C12H11N.14C2H6/c1-13-11-12-16(14-7-3-2-4-8-14)17-10-6-5-9-15(13)17;1-13-6-8-15(9-7-13)17-11-10-14-4-2-3-5-16(14)12-17;1-10-6-5-9-13-12(10)11-7-3-2-4-8-11;1-10-6-5-9-12(13-10)11-7-3-2-4-8-11;1-10-7-8-13-12(9-10)11-5-3-2-4-6-11;1-10-7-8-12(13-9-10)11-5-3-2-4-6-11;14*1-2/h2*2-12H,1H3;4*2-9H,1H3;14*1-2H3. The largest absolute Gasteiger partial charge is 0.256 e. The molecule has 0 amide bonds. The molecule has 4 heterocycles. The number of aryl methyl sites for hydroxylation is 6. The number of hydrogen-bond donors (Lipinski definition) is 0. The first-order valence-electron chi connectivity index (χ1n) is 43.2. The van der Waals surface area contributed by atoms with Gasteiger partial charge >= 0.3 is 0 Å². The quantitative estimate of drug-likeness (QED) is 0.166. The molecule has 4 heteroatoms. The lowest BCUT2D eigenvalue weighted by Crippen LogP contribution is -1.85. The maximum atomic E-state index is 4.44. The molecule has 0 radical (unpaired) electrons. The Labute approximate surface area is 701 Å². The maximum absolute atomic E-state index is 4.44. The van der Waals surface area contributed by atoms with Crippen LogP contribution in [0.3, 0.4) is 0 Å². The van der Waals surface area contributed by atoms with E-state index in [0.29, 0.717) is 0 Å². The number of benzene rings is 10. The van der Waals surface area contributed by atoms with Crippen LogP contribution < -0.4 is 0 Å². The Bertz CT molecular complexity index is 4220. The van der Waals surface area contributed by atoms with Gasteiger partial charge in [0.05, 0.1) is 22.8 Å². The van der Waals surface area contributed by atoms with E-state index in [0.717, 1.165) is 28.5 Å². The first-order chi connectivity index (χ1) is 56.1. The second-order valence-electron chi connectivity index (χ2n) is 21.0. The molecule has 14 rings (SSSR count). The molecule has 0 unspecified atom stereocenters. The van der Waals surface area contributed by atoms with Crippen LogP contribution in [0.25, 0.3) is 88.8 Å². The molecule has 0 spiro atoms. The van der Waals surface area contributed by atoms with Crippen molar-refractivity contribution in [2.45, 2.75) is 235 Å². The van der Waals surface area contributed by atoms with Gasteiger partial charge in [-0.15, -0.1) is 0 Å². The molecule has 4 aromatic heterocycles. The van der Waals surface area contributed by atoms with E-state index in [2.05, 4.69) is 248 Å². The molecular formula is C110H156N4. The minimum Gasteiger partial charge on any atom is -0.256 e. The van der Waals surface area contributed by atoms with E-state index in [1.54, 1.807) is 0 Å². The zero-order valence-corrected chi connectivity index (χ0v) is 78.0. The van der Waals surface area contributed by atoms with Crippen molar-refractivity contribution in [1.29, 1.82) is 0 Å². The third-order valence-electron chi connectivity index (χ3n) is 14.3. The monoisotopic (exact) mass is 1530 g/mol. The summed E-state index contributed by atoms with van der Waals surface area (Å²) in [5.74, 6) is 0. The van der Waals surface area contributed by atoms with Gasteiger partial charge in [0, 0.05) is 46.5 Å². The van der Waals surface area contributed by atoms with E-state index in [-0.39, 0.29) is 0 Å². The number of pyridine rings is 4. The fourth-order valence-electron chi connectivity index (χ4n) is 9.68. The van der Waals surface area contributed by atoms with E-state index in [1.807, 2.05) is 335 Å². The average Bonchev–Trinajstić information content (AvgIpc) is 0.797. The highest BCUT2D eigenvalue weighted by atomic mass is 14.7. The van der Waals surface area contributed by atoms with Crippen LogP contribution in [0.2, 0.25) is 0 Å². The number of hydrogen-bond acceptors (Lipinski definition) is 4. The summed E-state index contributed by atoms with van der Waals surface area (Å²) >= 11 is 0. The third-order valence-corrected chi connectivity index (χ3v) is 14.3. The predicted molar refractivity (Wildman–Crippen MR) is 525 cm³/mol. The van der Waals surface area contributed by atoms with Crippen LogP contribution in [0.4, 0.5) is 0 Å². The highest BCUT2D eigenvalue weighted by Crippen LogP contribution is 2.31. The summed E-state index contributed by atoms with van der Waals surface area (Å²) in [6.45, 7) is 68.5. The van der Waals surface area contributed by atoms with E-state index in [1.165, 1.54) is 93.9 Å². The van der Waals surface area contributed by atoms with Gasteiger partial charge in [-0.3, -0.25) is 19.9 Å². The number of aromatic nitrogens is 4. The fourth-order valence-corrected chi connectivity index (χ4v) is 9.68. The molecule has 10 aromatic carbocycles. The van der Waals surface area contributed by atoms with Crippen molar-refractivity contribution in [2.24, 2.45) is 0 Å². The van der Waals surface area contributed by atoms with Crippen LogP contribution in [-0.2, 0) is 0 Å². The lowest BCUT2D eigenvalue weighted by molar-refractivity contribution is 1.21. The van der Waals surface area contributed by atoms with Gasteiger partial charge in [-0.2, -0.15) is 0 Å². The predicted octanol–water partition coefficient (Wildman–Crippen LogP) is 36.2. The summed E-state index contributed by atoms with van der Waals surface area (Å²) in [5, 5.41) is 5.27. The molecule has 0 aliphatic carbocycles. The summed E-state index contributed by atoms with van der Waals surface area (Å²) in [4.78, 5) is 17.5. The molecule has 114 heavy (non-hydrogen) atoms. The molecule has 0 atom stereocenters. The molecule has 0 saturated heterocycles. The number of fused-ring (bicyclic) bond motifs is 2. The minimum atomic E-state index is 1.03. The van der Waals surface area contributed by atoms with Gasteiger partial charge in [0.15, 0.2) is 0 Å². The van der Waals surface area contributed by atoms with E-state index < -0.39 is 0 Å². The van der Waals surface area contributed by atoms with Crippen molar-refractivity contribution < 1.29 is 0 Å². The molecule has 0 bridgehead atoms. The molecule has 14 aromatic rings. The van der Waals surface area contributed by atoms with Crippen LogP contribution in [0.1, 0.15) is 227 Å². The first-order valence-corrected chi connectivity index (χ1v) is 43.2. The van der Waals surface area contributed by atoms with Crippen molar-refractivity contribution in [3.8, 4) is 67.3 Å². The van der Waals surface area contributed by atoms with Crippen molar-refractivity contribution >= 4 is 21.5 Å². The molecular weight excluding hydrogens is 1380 g/mol. The summed E-state index contributed by atoms with van der Waals surface area (Å²) in [5.41, 5.74) is 21.4. The van der Waals surface area contributed by atoms with Gasteiger partial charge in [-0.25, -0.2) is 0 Å². The van der Waals surface area contributed by atoms with Crippen molar-refractivity contribution in [1.82, 2.24) is 19.9 Å². The molecule has 0 saturated carbocycles. The Morgan fingerprint density at radius 3 is 1.04 bits per heavy atom. The minimum absolute atomic E-state index is 1.03. The zero-order chi connectivity index (χ0) is 87.7. The molecule has 4 nitrogen and oxygen atoms in total. The Morgan fingerprint density at radius 1 is 0.193 bits per heavy atom. The van der Waals surface area contributed by atoms with Crippen LogP contribution in [0, 0.1) is 41.5 Å². The molecule has 0 aliphatic rings. The summed E-state index contributed by atoms with van der Waals surface area (Å²) < 4.78 is 0. The fraction of sp³-hybridized carbons (Fsp3) is 0.309. The van der Waals surface area contributed by atoms with Gasteiger partial charge in [0.25, 0.3) is 0 Å². The van der Waals surface area contributed by atoms with Crippen LogP contribution in [-0.4, -0.2) is 19.9 Å². The molecule has 0 fully saturated rings. The highest BCUT2D eigenvalue weighted by Gasteiger charge is 2.06. The SMILES string of the molecule is CC.CC.CC.CC.CC.CC.CC.CC.CC.CC.CC.CC.CC.CC.Cc1ccc(-c2ccc3ccccc3c2)cc1.Cc1ccc(-c2ccccc2)c2ccccc12.Cc1ccc(-c2ccccc2)nc1.Cc1cccc(-c2ccccc2)n1.Cc1cccnc1-c1ccccc1.Cc1ccnc(-c2ccccc2)c1. The van der Waals surface area contributed by atoms with Crippen LogP contribution in [0.15, 0.2) is 328 Å². The van der Waals surface area contributed by atoms with Gasteiger partial charge in [0.2, 0.25) is 0 Å². The normalized spacial score (nSPS) is 8.44. The topological polar surface area (TPSA) is 51.6 Å². The van der Waals surface area contributed by atoms with E-state index >= 15 is 0 Å². The summed E-state index contributed by atoms with van der Waals surface area (Å²) in [6, 6.07) is 107. The first kappa shape index (κ1) is 114. The Hall–Kier alpha value is -10.7. The van der Waals surface area contributed by atoms with E-state index in [9.17, 15) is 0 Å². The van der Waals surface area contributed by atoms with Crippen molar-refractivity contribution in [3.63, 3.8) is 0 Å². The maximum Gasteiger partial charge on any atom is 0.0731 e. The van der Waals surface area contributed by atoms with Gasteiger partial charge in [-0.05, 0) is 150 Å². The smallest absolute Gasteiger partial charge is 0.0731 e. The van der Waals surface area contributed by atoms with Gasteiger partial charge in [-0.1, -0.05) is 466 Å². The number of rotatable bonds is 6. The van der Waals surface area contributed by atoms with Crippen molar-refractivity contribution in [2.75, 3.05) is 0 Å². The summed E-state index contributed by atoms with van der Waals surface area (Å²) in [7, 11) is 0.